The number of aliphatic hydroxyl groups is 2. The molecule has 0 aliphatic carbocycles. The molecule has 3 N–H and O–H groups in total. The summed E-state index contributed by atoms with van der Waals surface area (Å²) in [5.41, 5.74) is 0. The average Bonchev–Trinajstić information content (AvgIpc) is 3.41. The van der Waals surface area contributed by atoms with E-state index in [2.05, 4.69) is 31.3 Å². The van der Waals surface area contributed by atoms with E-state index in [1.807, 2.05) is 6.08 Å². The minimum absolute atomic E-state index is 0.00414. The van der Waals surface area contributed by atoms with E-state index in [9.17, 15) is 19.8 Å². The second-order valence-electron chi connectivity index (χ2n) is 23.5. The van der Waals surface area contributed by atoms with Crippen LogP contribution in [0.15, 0.2) is 24.3 Å². The van der Waals surface area contributed by atoms with Crippen molar-refractivity contribution in [2.75, 3.05) is 13.2 Å². The number of ether oxygens (including phenoxy) is 1. The Morgan fingerprint density at radius 1 is 0.360 bits per heavy atom. The number of nitrogens with one attached hydrogen (secondary N) is 1. The van der Waals surface area contributed by atoms with E-state index in [0.29, 0.717) is 19.4 Å². The highest BCUT2D eigenvalue weighted by Gasteiger charge is 2.18. The summed E-state index contributed by atoms with van der Waals surface area (Å²) >= 11 is 0. The smallest absolute Gasteiger partial charge is 0.305 e. The molecule has 6 heteroatoms. The van der Waals surface area contributed by atoms with Crippen LogP contribution in [-0.2, 0) is 14.3 Å². The number of carbonyl (C=O) groups is 2. The van der Waals surface area contributed by atoms with Gasteiger partial charge in [-0.3, -0.25) is 9.59 Å². The average molecular weight is 1060 g/mol. The van der Waals surface area contributed by atoms with E-state index >= 15 is 0 Å². The van der Waals surface area contributed by atoms with Crippen LogP contribution in [0.4, 0.5) is 0 Å². The zero-order valence-corrected chi connectivity index (χ0v) is 50.8. The highest BCUT2D eigenvalue weighted by molar-refractivity contribution is 5.76. The molecule has 0 rings (SSSR count). The minimum atomic E-state index is -0.849. The van der Waals surface area contributed by atoms with Gasteiger partial charge >= 0.3 is 5.97 Å². The fourth-order valence-electron chi connectivity index (χ4n) is 10.7. The molecule has 0 saturated carbocycles. The van der Waals surface area contributed by atoms with Crippen molar-refractivity contribution in [3.05, 3.63) is 24.3 Å². The molecule has 0 aromatic carbocycles. The van der Waals surface area contributed by atoms with Crippen LogP contribution in [0.5, 0.6) is 0 Å². The van der Waals surface area contributed by atoms with Gasteiger partial charge in [-0.05, 0) is 57.8 Å². The Kier molecular flexibility index (Phi) is 63.4. The fourth-order valence-corrected chi connectivity index (χ4v) is 10.7. The normalized spacial score (nSPS) is 12.6. The number of amides is 1. The molecule has 0 aromatic rings. The number of rotatable bonds is 64. The number of unbranched alkanes of at least 4 members (excludes halogenated alkanes) is 51. The van der Waals surface area contributed by atoms with Crippen molar-refractivity contribution in [3.8, 4) is 0 Å². The van der Waals surface area contributed by atoms with Gasteiger partial charge in [-0.15, -0.1) is 0 Å². The lowest BCUT2D eigenvalue weighted by atomic mass is 10.0. The molecule has 2 unspecified atom stereocenters. The summed E-state index contributed by atoms with van der Waals surface area (Å²) in [6.45, 7) is 4.93. The molecule has 2 atom stereocenters. The maximum Gasteiger partial charge on any atom is 0.305 e. The summed E-state index contributed by atoms with van der Waals surface area (Å²) in [7, 11) is 0. The quantitative estimate of drug-likeness (QED) is 0.0320. The highest BCUT2D eigenvalue weighted by Crippen LogP contribution is 2.18. The third-order valence-electron chi connectivity index (χ3n) is 16.0. The van der Waals surface area contributed by atoms with Crippen LogP contribution in [0.1, 0.15) is 380 Å². The second kappa shape index (κ2) is 64.9. The number of carbonyl (C=O) groups excluding carboxylic acids is 2. The Labute approximate surface area is 469 Å². The van der Waals surface area contributed by atoms with Gasteiger partial charge in [0.25, 0.3) is 0 Å². The Morgan fingerprint density at radius 3 is 0.947 bits per heavy atom. The molecule has 0 saturated heterocycles. The van der Waals surface area contributed by atoms with Crippen molar-refractivity contribution in [3.63, 3.8) is 0 Å². The molecule has 75 heavy (non-hydrogen) atoms. The first kappa shape index (κ1) is 73.3. The van der Waals surface area contributed by atoms with Gasteiger partial charge in [0.05, 0.1) is 25.4 Å². The molecular weight excluding hydrogens is 923 g/mol. The van der Waals surface area contributed by atoms with Crippen molar-refractivity contribution >= 4 is 11.9 Å². The molecule has 1 amide bonds. The highest BCUT2D eigenvalue weighted by atomic mass is 16.5. The molecule has 0 heterocycles. The number of esters is 1. The number of allylic oxidation sites excluding steroid dienone is 3. The number of aliphatic hydroxyl groups excluding tert-OH is 2. The van der Waals surface area contributed by atoms with Crippen LogP contribution in [-0.4, -0.2) is 47.4 Å². The molecule has 0 aliphatic heterocycles. The Hall–Kier alpha value is -1.66. The minimum Gasteiger partial charge on any atom is -0.466 e. The van der Waals surface area contributed by atoms with E-state index < -0.39 is 12.1 Å². The van der Waals surface area contributed by atoms with Gasteiger partial charge in [0.15, 0.2) is 0 Å². The maximum atomic E-state index is 12.5. The Bertz CT molecular complexity index is 1170. The monoisotopic (exact) mass is 1060 g/mol. The SMILES string of the molecule is CCCCCCCC/C=C\CCCCCCCCCC(=O)OCCCCCCCCCCCCCCCCCCCCC(=O)NC(CO)C(O)/C=C/CCCCCCCCCCCCCCCCCCCCCCC. The first-order valence-corrected chi connectivity index (χ1v) is 34.1. The summed E-state index contributed by atoms with van der Waals surface area (Å²) in [6.07, 6.45) is 80.9. The van der Waals surface area contributed by atoms with Crippen molar-refractivity contribution in [2.24, 2.45) is 0 Å². The molecule has 0 spiro atoms. The molecule has 0 radical (unpaired) electrons. The molecule has 444 valence electrons. The van der Waals surface area contributed by atoms with Crippen molar-refractivity contribution < 1.29 is 24.5 Å². The van der Waals surface area contributed by atoms with Gasteiger partial charge in [-0.2, -0.15) is 0 Å². The van der Waals surface area contributed by atoms with Gasteiger partial charge in [0.2, 0.25) is 5.91 Å². The Balaban J connectivity index is 3.43. The lowest BCUT2D eigenvalue weighted by Crippen LogP contribution is -2.45. The largest absolute Gasteiger partial charge is 0.466 e. The summed E-state index contributed by atoms with van der Waals surface area (Å²) in [6, 6.07) is -0.632. The Morgan fingerprint density at radius 2 is 0.627 bits per heavy atom. The van der Waals surface area contributed by atoms with Crippen LogP contribution >= 0.6 is 0 Å². The van der Waals surface area contributed by atoms with E-state index in [4.69, 9.17) is 4.74 Å². The third kappa shape index (κ3) is 61.4. The predicted octanol–water partition coefficient (Wildman–Crippen LogP) is 21.8. The predicted molar refractivity (Wildman–Crippen MR) is 329 cm³/mol. The van der Waals surface area contributed by atoms with E-state index in [1.54, 1.807) is 6.08 Å². The molecular formula is C69H133NO5. The van der Waals surface area contributed by atoms with Crippen molar-refractivity contribution in [2.45, 2.75) is 392 Å². The first-order chi connectivity index (χ1) is 37.0. The molecule has 0 aliphatic rings. The maximum absolute atomic E-state index is 12.5. The lowest BCUT2D eigenvalue weighted by Gasteiger charge is -2.20. The summed E-state index contributed by atoms with van der Waals surface area (Å²) in [4.78, 5) is 24.6. The summed E-state index contributed by atoms with van der Waals surface area (Å²) < 4.78 is 5.49. The van der Waals surface area contributed by atoms with Crippen molar-refractivity contribution in [1.82, 2.24) is 5.32 Å². The van der Waals surface area contributed by atoms with Gasteiger partial charge in [0, 0.05) is 12.8 Å². The van der Waals surface area contributed by atoms with Gasteiger partial charge < -0.3 is 20.3 Å². The summed E-state index contributed by atoms with van der Waals surface area (Å²) in [5, 5.41) is 23.3. The zero-order valence-electron chi connectivity index (χ0n) is 50.8. The third-order valence-corrected chi connectivity index (χ3v) is 16.0. The van der Waals surface area contributed by atoms with E-state index in [-0.39, 0.29) is 18.5 Å². The van der Waals surface area contributed by atoms with Crippen molar-refractivity contribution in [1.29, 1.82) is 0 Å². The van der Waals surface area contributed by atoms with Crippen LogP contribution in [0.25, 0.3) is 0 Å². The molecule has 0 bridgehead atoms. The zero-order chi connectivity index (χ0) is 54.3. The van der Waals surface area contributed by atoms with Crippen LogP contribution in [0, 0.1) is 0 Å². The van der Waals surface area contributed by atoms with E-state index in [0.717, 1.165) is 44.9 Å². The molecule has 0 aromatic heterocycles. The van der Waals surface area contributed by atoms with Gasteiger partial charge in [-0.1, -0.05) is 334 Å². The molecule has 6 nitrogen and oxygen atoms in total. The number of hydrogen-bond donors (Lipinski definition) is 3. The number of hydrogen-bond acceptors (Lipinski definition) is 5. The fraction of sp³-hybridized carbons (Fsp3) is 0.913. The molecule has 0 fully saturated rings. The van der Waals surface area contributed by atoms with Crippen LogP contribution in [0.3, 0.4) is 0 Å². The van der Waals surface area contributed by atoms with Gasteiger partial charge in [-0.25, -0.2) is 0 Å². The summed E-state index contributed by atoms with van der Waals surface area (Å²) in [5.74, 6) is -0.0638. The van der Waals surface area contributed by atoms with Crippen LogP contribution < -0.4 is 5.32 Å². The van der Waals surface area contributed by atoms with E-state index in [1.165, 1.54) is 308 Å². The first-order valence-electron chi connectivity index (χ1n) is 34.1. The lowest BCUT2D eigenvalue weighted by molar-refractivity contribution is -0.143. The van der Waals surface area contributed by atoms with Gasteiger partial charge in [0.1, 0.15) is 0 Å². The standard InChI is InChI=1S/C69H133NO5/c1-3-5-7-9-11-13-15-17-19-21-22-23-24-25-26-30-33-37-41-45-49-53-57-61-67(72)66(65-71)70-68(73)62-58-54-50-46-42-38-34-31-27-28-32-36-40-44-48-52-56-60-64-75-69(74)63-59-55-51-47-43-39-35-29-20-18-16-14-12-10-8-6-4-2/h18,20,57,61,66-67,71-72H,3-17,19,21-56,58-60,62-65H2,1-2H3,(H,70,73)/b20-18-,61-57+. The van der Waals surface area contributed by atoms with Crippen LogP contribution in [0.2, 0.25) is 0 Å². The topological polar surface area (TPSA) is 95.9 Å². The second-order valence-corrected chi connectivity index (χ2v) is 23.5.